The molecule has 1 aromatic carbocycles. The third-order valence-electron chi connectivity index (χ3n) is 3.22. The Balaban J connectivity index is 1.98. The quantitative estimate of drug-likeness (QED) is 0.620. The molecule has 0 saturated heterocycles. The van der Waals surface area contributed by atoms with Crippen molar-refractivity contribution in [1.29, 1.82) is 5.41 Å². The topological polar surface area (TPSA) is 66.0 Å². The summed E-state index contributed by atoms with van der Waals surface area (Å²) in [5, 5.41) is 7.59. The molecule has 18 heavy (non-hydrogen) atoms. The van der Waals surface area contributed by atoms with Gasteiger partial charge in [0.15, 0.2) is 0 Å². The first kappa shape index (κ1) is 10.8. The summed E-state index contributed by atoms with van der Waals surface area (Å²) in [7, 11) is 0. The Morgan fingerprint density at radius 3 is 2.39 bits per heavy atom. The molecule has 3 rings (SSSR count). The van der Waals surface area contributed by atoms with Gasteiger partial charge in [-0.1, -0.05) is 24.3 Å². The van der Waals surface area contributed by atoms with Crippen LogP contribution in [0.4, 0.5) is 5.69 Å². The second-order valence-corrected chi connectivity index (χ2v) is 4.41. The average Bonchev–Trinajstić information content (AvgIpc) is 2.82. The molecular weight excluding hydrogens is 224 g/mol. The lowest BCUT2D eigenvalue weighted by Gasteiger charge is -2.19. The summed E-state index contributed by atoms with van der Waals surface area (Å²) in [5.41, 5.74) is 9.73. The van der Waals surface area contributed by atoms with Crippen LogP contribution in [-0.2, 0) is 13.1 Å². The van der Waals surface area contributed by atoms with Crippen LogP contribution >= 0.6 is 0 Å². The summed E-state index contributed by atoms with van der Waals surface area (Å²) in [5.74, 6) is 0.0153. The molecule has 0 fully saturated rings. The maximum absolute atomic E-state index is 7.59. The second-order valence-electron chi connectivity index (χ2n) is 4.41. The third-order valence-corrected chi connectivity index (χ3v) is 3.22. The number of nitrogens with two attached hydrogens (primary N) is 1. The minimum Gasteiger partial charge on any atom is -0.382 e. The Morgan fingerprint density at radius 2 is 1.78 bits per heavy atom. The molecule has 1 aliphatic rings. The number of nitrogens with one attached hydrogen (secondary N) is 1. The smallest absolute Gasteiger partial charge is 0.143 e. The van der Waals surface area contributed by atoms with E-state index >= 15 is 0 Å². The van der Waals surface area contributed by atoms with Crippen molar-refractivity contribution in [3.8, 4) is 0 Å². The fraction of sp³-hybridized carbons (Fsp3) is 0.143. The number of nitrogens with zero attached hydrogens (tertiary/aromatic N) is 2. The van der Waals surface area contributed by atoms with Gasteiger partial charge in [-0.3, -0.25) is 10.4 Å². The number of amidine groups is 1. The molecule has 4 nitrogen and oxygen atoms in total. The molecule has 0 spiro atoms. The predicted octanol–water partition coefficient (Wildman–Crippen LogP) is 1.89. The van der Waals surface area contributed by atoms with Gasteiger partial charge in [-0.25, -0.2) is 0 Å². The van der Waals surface area contributed by atoms with E-state index in [-0.39, 0.29) is 5.84 Å². The molecular formula is C14H14N4. The van der Waals surface area contributed by atoms with Crippen LogP contribution < -0.4 is 10.6 Å². The summed E-state index contributed by atoms with van der Waals surface area (Å²) >= 11 is 0. The fourth-order valence-electron chi connectivity index (χ4n) is 2.36. The largest absolute Gasteiger partial charge is 0.382 e. The molecule has 0 unspecified atom stereocenters. The standard InChI is InChI=1S/C14H14N4/c15-14(16)13-12(6-3-7-17-13)18-8-10-4-1-2-5-11(10)9-18/h1-7H,8-9H2,(H3,15,16). The van der Waals surface area contributed by atoms with Gasteiger partial charge in [0.1, 0.15) is 11.5 Å². The minimum absolute atomic E-state index is 0.0153. The molecule has 2 aromatic rings. The zero-order chi connectivity index (χ0) is 12.5. The fourth-order valence-corrected chi connectivity index (χ4v) is 2.36. The zero-order valence-corrected chi connectivity index (χ0v) is 9.93. The molecule has 0 bridgehead atoms. The molecule has 0 saturated carbocycles. The molecule has 0 radical (unpaired) electrons. The highest BCUT2D eigenvalue weighted by molar-refractivity contribution is 5.98. The van der Waals surface area contributed by atoms with E-state index in [4.69, 9.17) is 11.1 Å². The van der Waals surface area contributed by atoms with Crippen molar-refractivity contribution >= 4 is 11.5 Å². The van der Waals surface area contributed by atoms with E-state index in [1.807, 2.05) is 12.1 Å². The van der Waals surface area contributed by atoms with E-state index in [1.54, 1.807) is 6.20 Å². The summed E-state index contributed by atoms with van der Waals surface area (Å²) in [6, 6.07) is 12.2. The maximum atomic E-state index is 7.59. The third kappa shape index (κ3) is 1.72. The second kappa shape index (κ2) is 4.14. The van der Waals surface area contributed by atoms with Gasteiger partial charge in [-0.05, 0) is 23.3 Å². The van der Waals surface area contributed by atoms with Gasteiger partial charge in [0.25, 0.3) is 0 Å². The Hall–Kier alpha value is -2.36. The number of rotatable bonds is 2. The Kier molecular flexibility index (Phi) is 2.48. The van der Waals surface area contributed by atoms with Crippen LogP contribution in [0.3, 0.4) is 0 Å². The summed E-state index contributed by atoms with van der Waals surface area (Å²) in [6.45, 7) is 1.70. The van der Waals surface area contributed by atoms with Crippen molar-refractivity contribution < 1.29 is 0 Å². The number of fused-ring (bicyclic) bond motifs is 1. The van der Waals surface area contributed by atoms with E-state index in [0.717, 1.165) is 18.8 Å². The highest BCUT2D eigenvalue weighted by Crippen LogP contribution is 2.29. The number of aromatic nitrogens is 1. The number of pyridine rings is 1. The molecule has 0 aliphatic carbocycles. The van der Waals surface area contributed by atoms with Crippen LogP contribution in [0.25, 0.3) is 0 Å². The zero-order valence-electron chi connectivity index (χ0n) is 9.93. The Labute approximate surface area is 106 Å². The van der Waals surface area contributed by atoms with Gasteiger partial charge in [-0.15, -0.1) is 0 Å². The summed E-state index contributed by atoms with van der Waals surface area (Å²) in [6.07, 6.45) is 1.67. The van der Waals surface area contributed by atoms with Crippen molar-refractivity contribution in [3.63, 3.8) is 0 Å². The first-order chi connectivity index (χ1) is 8.75. The van der Waals surface area contributed by atoms with Crippen molar-refractivity contribution in [2.24, 2.45) is 5.73 Å². The number of hydrogen-bond acceptors (Lipinski definition) is 3. The number of anilines is 1. The lowest BCUT2D eigenvalue weighted by Crippen LogP contribution is -2.22. The molecule has 3 N–H and O–H groups in total. The molecule has 0 amide bonds. The normalized spacial score (nSPS) is 13.4. The van der Waals surface area contributed by atoms with Gasteiger partial charge in [0.2, 0.25) is 0 Å². The van der Waals surface area contributed by atoms with Crippen LogP contribution in [0.1, 0.15) is 16.8 Å². The highest BCUT2D eigenvalue weighted by Gasteiger charge is 2.21. The van der Waals surface area contributed by atoms with Crippen LogP contribution in [0.5, 0.6) is 0 Å². The van der Waals surface area contributed by atoms with E-state index in [0.29, 0.717) is 5.69 Å². The molecule has 90 valence electrons. The lowest BCUT2D eigenvalue weighted by atomic mass is 10.1. The van der Waals surface area contributed by atoms with Crippen LogP contribution in [0, 0.1) is 5.41 Å². The lowest BCUT2D eigenvalue weighted by molar-refractivity contribution is 0.873. The molecule has 2 heterocycles. The van der Waals surface area contributed by atoms with Crippen molar-refractivity contribution in [2.75, 3.05) is 4.90 Å². The highest BCUT2D eigenvalue weighted by atomic mass is 15.2. The van der Waals surface area contributed by atoms with Gasteiger partial charge in [0, 0.05) is 19.3 Å². The predicted molar refractivity (Wildman–Crippen MR) is 71.6 cm³/mol. The molecule has 0 atom stereocenters. The van der Waals surface area contributed by atoms with E-state index in [2.05, 4.69) is 34.1 Å². The van der Waals surface area contributed by atoms with Gasteiger partial charge in [0.05, 0.1) is 5.69 Å². The van der Waals surface area contributed by atoms with E-state index < -0.39 is 0 Å². The number of benzene rings is 1. The SMILES string of the molecule is N=C(N)c1ncccc1N1Cc2ccccc2C1. The average molecular weight is 238 g/mol. The molecule has 4 heteroatoms. The van der Waals surface area contributed by atoms with E-state index in [1.165, 1.54) is 11.1 Å². The van der Waals surface area contributed by atoms with E-state index in [9.17, 15) is 0 Å². The number of nitrogen functional groups attached to an aromatic ring is 1. The molecule has 1 aromatic heterocycles. The Bertz CT molecular complexity index is 581. The van der Waals surface area contributed by atoms with Gasteiger partial charge in [-0.2, -0.15) is 0 Å². The van der Waals surface area contributed by atoms with Crippen molar-refractivity contribution in [1.82, 2.24) is 4.98 Å². The van der Waals surface area contributed by atoms with Crippen LogP contribution in [-0.4, -0.2) is 10.8 Å². The van der Waals surface area contributed by atoms with Crippen LogP contribution in [0.2, 0.25) is 0 Å². The number of hydrogen-bond donors (Lipinski definition) is 2. The monoisotopic (exact) mass is 238 g/mol. The molecule has 1 aliphatic heterocycles. The minimum atomic E-state index is 0.0153. The Morgan fingerprint density at radius 1 is 1.11 bits per heavy atom. The summed E-state index contributed by atoms with van der Waals surface area (Å²) in [4.78, 5) is 6.40. The first-order valence-electron chi connectivity index (χ1n) is 5.87. The summed E-state index contributed by atoms with van der Waals surface area (Å²) < 4.78 is 0. The van der Waals surface area contributed by atoms with Gasteiger partial charge < -0.3 is 10.6 Å². The first-order valence-corrected chi connectivity index (χ1v) is 5.87. The van der Waals surface area contributed by atoms with Gasteiger partial charge >= 0.3 is 0 Å². The van der Waals surface area contributed by atoms with Crippen molar-refractivity contribution in [3.05, 3.63) is 59.4 Å². The van der Waals surface area contributed by atoms with Crippen molar-refractivity contribution in [2.45, 2.75) is 13.1 Å². The maximum Gasteiger partial charge on any atom is 0.143 e. The van der Waals surface area contributed by atoms with Crippen LogP contribution in [0.15, 0.2) is 42.6 Å².